The number of hydrogen-bond donors (Lipinski definition) is 13. The standard InChI is InChI=1S/C74H102N12O20S/c1-42(2)26-57(72(105)81-54(45(6)87)21-25-107-7)83-73(106)58(33-51-35-76-41-79-51)80-64(94)19-17-59(89)69(43(3)4)84-70(103)44(5)27-61(91)56(29-49-34-77-55-11-9-8-10-53(49)55)82-71(104)48(16-18-62(75)92)30-60(90)47-14-12-46(13-15-47)28-52(88)36-78-63(93)20-22-74(50(31-65(95)96)32-66(97)98)39-85(37-67(99)100)23-24-86(40-74)38-68(101)102/h8-15,34-35,41-44,48,50,54,56-58,69,77H,16-33,36-40H2,1-7H3,(H2,75,92)(H,76,79)(H,78,93)(H,80,94)(H,81,105)(H,82,104)(H,83,106)(H,84,103)(H,95,96)(H,97,98)(H,99,100)(H,101,102). The molecular formula is C74H102N12O20S. The van der Waals surface area contributed by atoms with Gasteiger partial charge in [-0.2, -0.15) is 11.8 Å². The van der Waals surface area contributed by atoms with Gasteiger partial charge in [0.2, 0.25) is 41.4 Å². The first-order chi connectivity index (χ1) is 50.5. The van der Waals surface area contributed by atoms with E-state index >= 15 is 0 Å². The zero-order valence-electron chi connectivity index (χ0n) is 61.5. The van der Waals surface area contributed by atoms with Gasteiger partial charge in [-0.05, 0) is 79.6 Å². The van der Waals surface area contributed by atoms with E-state index in [0.717, 1.165) is 10.9 Å². The Morgan fingerprint density at radius 2 is 1.24 bits per heavy atom. The number of Topliss-reactive ketones (excluding diaryl/α,β-unsaturated/α-hetero) is 5. The molecule has 1 aliphatic heterocycles. The maximum absolute atomic E-state index is 14.6. The molecule has 584 valence electrons. The summed E-state index contributed by atoms with van der Waals surface area (Å²) in [6, 6.07) is 7.42. The molecule has 0 spiro atoms. The van der Waals surface area contributed by atoms with E-state index in [1.165, 1.54) is 72.2 Å². The molecule has 1 fully saturated rings. The number of aromatic nitrogens is 3. The Morgan fingerprint density at radius 1 is 0.626 bits per heavy atom. The molecule has 3 heterocycles. The summed E-state index contributed by atoms with van der Waals surface area (Å²) in [5.41, 5.74) is 6.46. The lowest BCUT2D eigenvalue weighted by molar-refractivity contribution is -0.146. The van der Waals surface area contributed by atoms with Crippen LogP contribution >= 0.6 is 11.8 Å². The number of nitrogens with one attached hydrogen (secondary N) is 8. The van der Waals surface area contributed by atoms with Gasteiger partial charge in [-0.3, -0.25) is 86.5 Å². The number of carbonyl (C=O) groups excluding carboxylic acids is 12. The minimum absolute atomic E-state index is 0.0516. The summed E-state index contributed by atoms with van der Waals surface area (Å²) in [7, 11) is 0. The number of hydrogen-bond acceptors (Lipinski definition) is 20. The van der Waals surface area contributed by atoms with Crippen molar-refractivity contribution in [1.29, 1.82) is 0 Å². The summed E-state index contributed by atoms with van der Waals surface area (Å²) < 4.78 is 0. The third kappa shape index (κ3) is 29.7. The lowest BCUT2D eigenvalue weighted by Crippen LogP contribution is -2.56. The van der Waals surface area contributed by atoms with Crippen LogP contribution in [-0.4, -0.2) is 227 Å². The number of aliphatic carboxylic acids is 4. The van der Waals surface area contributed by atoms with Gasteiger partial charge in [0.25, 0.3) is 0 Å². The first kappa shape index (κ1) is 87.6. The van der Waals surface area contributed by atoms with Crippen molar-refractivity contribution >= 4 is 117 Å². The average molecular weight is 1510 g/mol. The zero-order valence-corrected chi connectivity index (χ0v) is 62.4. The molecule has 7 unspecified atom stereocenters. The molecule has 2 aromatic carbocycles. The van der Waals surface area contributed by atoms with E-state index in [2.05, 4.69) is 46.9 Å². The van der Waals surface area contributed by atoms with Gasteiger partial charge in [0.1, 0.15) is 12.1 Å². The summed E-state index contributed by atoms with van der Waals surface area (Å²) >= 11 is 1.51. The minimum Gasteiger partial charge on any atom is -0.481 e. The fourth-order valence-corrected chi connectivity index (χ4v) is 13.6. The molecule has 0 radical (unpaired) electrons. The molecule has 107 heavy (non-hydrogen) atoms. The first-order valence-corrected chi connectivity index (χ1v) is 37.0. The summed E-state index contributed by atoms with van der Waals surface area (Å²) in [6.07, 6.45) is 2.35. The smallest absolute Gasteiger partial charge is 0.317 e. The maximum Gasteiger partial charge on any atom is 0.317 e. The molecule has 14 N–H and O–H groups in total. The van der Waals surface area contributed by atoms with E-state index in [1.54, 1.807) is 38.2 Å². The summed E-state index contributed by atoms with van der Waals surface area (Å²) in [4.78, 5) is 225. The lowest BCUT2D eigenvalue weighted by Gasteiger charge is -2.43. The molecule has 33 heteroatoms. The van der Waals surface area contributed by atoms with E-state index in [-0.39, 0.29) is 101 Å². The number of primary amides is 1. The van der Waals surface area contributed by atoms with Crippen LogP contribution in [0.3, 0.4) is 0 Å². The molecule has 4 aromatic rings. The fourth-order valence-electron chi connectivity index (χ4n) is 13.2. The number of carbonyl (C=O) groups is 16. The lowest BCUT2D eigenvalue weighted by atomic mass is 9.68. The van der Waals surface area contributed by atoms with Crippen molar-refractivity contribution in [3.8, 4) is 0 Å². The highest BCUT2D eigenvalue weighted by Crippen LogP contribution is 2.41. The van der Waals surface area contributed by atoms with Gasteiger partial charge in [0.05, 0.1) is 44.1 Å². The number of fused-ring (bicyclic) bond motifs is 1. The monoisotopic (exact) mass is 1510 g/mol. The number of amides is 7. The molecule has 0 bridgehead atoms. The number of nitrogens with two attached hydrogens (primary N) is 1. The average Bonchev–Trinajstić information content (AvgIpc) is 1.79. The van der Waals surface area contributed by atoms with Crippen LogP contribution in [0.1, 0.15) is 146 Å². The Hall–Kier alpha value is -10.0. The van der Waals surface area contributed by atoms with Gasteiger partial charge < -0.3 is 68.0 Å². The number of carboxylic acid groups (broad SMARTS) is 4. The van der Waals surface area contributed by atoms with Crippen molar-refractivity contribution in [3.63, 3.8) is 0 Å². The Labute approximate surface area is 624 Å². The normalized spacial score (nSPS) is 15.1. The van der Waals surface area contributed by atoms with Crippen LogP contribution < -0.4 is 37.6 Å². The van der Waals surface area contributed by atoms with Crippen molar-refractivity contribution in [2.45, 2.75) is 168 Å². The van der Waals surface area contributed by atoms with Gasteiger partial charge in [-0.1, -0.05) is 77.1 Å². The van der Waals surface area contributed by atoms with Gasteiger partial charge >= 0.3 is 23.9 Å². The molecule has 2 aromatic heterocycles. The van der Waals surface area contributed by atoms with Crippen LogP contribution in [0.25, 0.3) is 10.9 Å². The quantitative estimate of drug-likeness (QED) is 0.0283. The number of benzene rings is 2. The van der Waals surface area contributed by atoms with Gasteiger partial charge in [0.15, 0.2) is 28.9 Å². The highest BCUT2D eigenvalue weighted by Gasteiger charge is 2.46. The molecule has 1 aliphatic rings. The number of thioether (sulfide) groups is 1. The number of imidazole rings is 1. The Morgan fingerprint density at radius 3 is 1.81 bits per heavy atom. The largest absolute Gasteiger partial charge is 0.481 e. The third-order valence-electron chi connectivity index (χ3n) is 18.8. The highest BCUT2D eigenvalue weighted by atomic mass is 32.2. The topological polar surface area (TPSA) is 503 Å². The number of aromatic amines is 2. The van der Waals surface area contributed by atoms with E-state index in [0.29, 0.717) is 29.0 Å². The minimum atomic E-state index is -1.41. The Balaban J connectivity index is 1.24. The second-order valence-electron chi connectivity index (χ2n) is 28.4. The van der Waals surface area contributed by atoms with Crippen LogP contribution in [0, 0.1) is 35.0 Å². The Kier molecular flexibility index (Phi) is 35.2. The summed E-state index contributed by atoms with van der Waals surface area (Å²) in [6.45, 7) is 8.11. The maximum atomic E-state index is 14.6. The highest BCUT2D eigenvalue weighted by molar-refractivity contribution is 7.98. The number of H-pyrrole nitrogens is 2. The number of ketones is 5. The SMILES string of the molecule is CSCCC(NC(=O)C(CC(C)C)NC(=O)C(Cc1cnc[nH]1)NC(=O)CCC(=O)C(NC(=O)C(C)CC(=O)C(Cc1c[nH]c2ccccc12)NC(=O)C(CCC(N)=O)CC(=O)c1ccc(CC(=O)CNC(=O)CCC2(C(CC(=O)O)CC(=O)O)CN(CC(=O)O)CCN(CC(=O)O)C2)cc1)C(C)C)C(C)=O. The van der Waals surface area contributed by atoms with Gasteiger partial charge in [0, 0.05) is 149 Å². The third-order valence-corrected chi connectivity index (χ3v) is 19.5. The number of rotatable bonds is 49. The van der Waals surface area contributed by atoms with Crippen molar-refractivity contribution < 1.29 is 97.1 Å². The first-order valence-electron chi connectivity index (χ1n) is 35.6. The molecular weight excluding hydrogens is 1410 g/mol. The van der Waals surface area contributed by atoms with Crippen molar-refractivity contribution in [2.75, 3.05) is 57.8 Å². The van der Waals surface area contributed by atoms with Crippen LogP contribution in [0.15, 0.2) is 67.3 Å². The van der Waals surface area contributed by atoms with Gasteiger partial charge in [-0.15, -0.1) is 0 Å². The molecule has 5 rings (SSSR count). The Bertz CT molecular complexity index is 3760. The second kappa shape index (κ2) is 43.0. The predicted molar refractivity (Wildman–Crippen MR) is 392 cm³/mol. The van der Waals surface area contributed by atoms with Crippen molar-refractivity contribution in [2.24, 2.45) is 40.7 Å². The number of carboxylic acids is 4. The fraction of sp³-hybridized carbons (Fsp3) is 0.554. The van der Waals surface area contributed by atoms with E-state index < -0.39 is 199 Å². The summed E-state index contributed by atoms with van der Waals surface area (Å²) in [5, 5.41) is 56.0. The predicted octanol–water partition coefficient (Wildman–Crippen LogP) is 2.59. The molecule has 0 aliphatic carbocycles. The van der Waals surface area contributed by atoms with Crippen molar-refractivity contribution in [3.05, 3.63) is 89.6 Å². The second-order valence-corrected chi connectivity index (χ2v) is 29.4. The van der Waals surface area contributed by atoms with E-state index in [4.69, 9.17) is 5.73 Å². The van der Waals surface area contributed by atoms with Crippen molar-refractivity contribution in [1.82, 2.24) is 56.7 Å². The molecule has 7 amide bonds. The van der Waals surface area contributed by atoms with Gasteiger partial charge in [-0.25, -0.2) is 4.98 Å². The summed E-state index contributed by atoms with van der Waals surface area (Å²) in [5.74, 6) is -16.0. The van der Waals surface area contributed by atoms with E-state index in [1.807, 2.05) is 26.2 Å². The van der Waals surface area contributed by atoms with Crippen LogP contribution in [0.2, 0.25) is 0 Å². The number of para-hydroxylation sites is 1. The molecule has 1 saturated heterocycles. The molecule has 7 atom stereocenters. The van der Waals surface area contributed by atoms with E-state index in [9.17, 15) is 97.1 Å². The van der Waals surface area contributed by atoms with Crippen LogP contribution in [-0.2, 0) is 91.2 Å². The van der Waals surface area contributed by atoms with Crippen LogP contribution in [0.5, 0.6) is 0 Å². The van der Waals surface area contributed by atoms with Crippen LogP contribution in [0.4, 0.5) is 0 Å². The molecule has 0 saturated carbocycles. The molecule has 32 nitrogen and oxygen atoms in total. The zero-order chi connectivity index (χ0) is 79.2. The number of nitrogens with zero attached hydrogens (tertiary/aromatic N) is 3.